The first-order chi connectivity index (χ1) is 9.57. The minimum atomic E-state index is -0.828. The normalized spacial score (nSPS) is 25.4. The maximum Gasteiger partial charge on any atom is 0.317 e. The van der Waals surface area contributed by atoms with E-state index in [1.54, 1.807) is 4.90 Å². The van der Waals surface area contributed by atoms with E-state index in [0.717, 1.165) is 12.8 Å². The Hall–Kier alpha value is -1.34. The summed E-state index contributed by atoms with van der Waals surface area (Å²) >= 11 is 0. The fraction of sp³-hybridized carbons (Fsp3) is 0.846. The third-order valence-corrected chi connectivity index (χ3v) is 4.22. The second-order valence-corrected chi connectivity index (χ2v) is 5.57. The third kappa shape index (κ3) is 3.21. The van der Waals surface area contributed by atoms with Gasteiger partial charge in [-0.1, -0.05) is 12.8 Å². The number of aliphatic hydroxyl groups is 1. The molecule has 114 valence electrons. The van der Waals surface area contributed by atoms with Crippen molar-refractivity contribution in [3.63, 3.8) is 0 Å². The van der Waals surface area contributed by atoms with Gasteiger partial charge in [-0.3, -0.25) is 4.79 Å². The summed E-state index contributed by atoms with van der Waals surface area (Å²) in [4.78, 5) is 25.0. The van der Waals surface area contributed by atoms with E-state index < -0.39 is 11.4 Å². The number of carbonyl (C=O) groups excluding carboxylic acids is 1. The van der Waals surface area contributed by atoms with Gasteiger partial charge in [0.05, 0.1) is 31.3 Å². The number of hydrogen-bond acceptors (Lipinski definition) is 4. The maximum absolute atomic E-state index is 12.1. The Bertz CT molecular complexity index is 368. The van der Waals surface area contributed by atoms with E-state index in [1.165, 1.54) is 0 Å². The summed E-state index contributed by atoms with van der Waals surface area (Å²) < 4.78 is 5.28. The van der Waals surface area contributed by atoms with E-state index in [4.69, 9.17) is 9.84 Å². The van der Waals surface area contributed by atoms with Crippen molar-refractivity contribution < 1.29 is 24.5 Å². The van der Waals surface area contributed by atoms with Gasteiger partial charge in [0.2, 0.25) is 0 Å². The molecule has 0 aromatic heterocycles. The fourth-order valence-electron chi connectivity index (χ4n) is 2.89. The molecule has 1 saturated carbocycles. The first-order valence-corrected chi connectivity index (χ1v) is 7.06. The zero-order chi connectivity index (χ0) is 14.6. The van der Waals surface area contributed by atoms with Gasteiger partial charge in [-0.05, 0) is 12.8 Å². The molecule has 20 heavy (non-hydrogen) atoms. The maximum atomic E-state index is 12.1. The molecule has 7 heteroatoms. The predicted molar refractivity (Wildman–Crippen MR) is 70.3 cm³/mol. The summed E-state index contributed by atoms with van der Waals surface area (Å²) in [6, 6.07) is -0.278. The van der Waals surface area contributed by atoms with Crippen LogP contribution in [0, 0.1) is 5.41 Å². The number of aliphatic carboxylic acids is 1. The van der Waals surface area contributed by atoms with Crippen molar-refractivity contribution in [1.82, 2.24) is 10.2 Å². The highest BCUT2D eigenvalue weighted by Crippen LogP contribution is 2.37. The molecule has 2 amide bonds. The van der Waals surface area contributed by atoms with E-state index in [-0.39, 0.29) is 25.3 Å². The van der Waals surface area contributed by atoms with Crippen LogP contribution in [0.4, 0.5) is 4.79 Å². The van der Waals surface area contributed by atoms with Crippen molar-refractivity contribution in [1.29, 1.82) is 0 Å². The van der Waals surface area contributed by atoms with Crippen molar-refractivity contribution in [2.75, 3.05) is 32.8 Å². The molecule has 2 aliphatic rings. The Morgan fingerprint density at radius 3 is 2.65 bits per heavy atom. The average Bonchev–Trinajstić information content (AvgIpc) is 2.95. The topological polar surface area (TPSA) is 99.1 Å². The van der Waals surface area contributed by atoms with Gasteiger partial charge < -0.3 is 25.2 Å². The van der Waals surface area contributed by atoms with Gasteiger partial charge in [-0.25, -0.2) is 4.79 Å². The molecule has 0 spiro atoms. The fourth-order valence-corrected chi connectivity index (χ4v) is 2.89. The quantitative estimate of drug-likeness (QED) is 0.677. The van der Waals surface area contributed by atoms with Gasteiger partial charge in [0, 0.05) is 13.1 Å². The summed E-state index contributed by atoms with van der Waals surface area (Å²) in [6.07, 6.45) is 2.67. The highest BCUT2D eigenvalue weighted by molar-refractivity contribution is 5.78. The van der Waals surface area contributed by atoms with E-state index in [9.17, 15) is 14.7 Å². The van der Waals surface area contributed by atoms with Crippen LogP contribution in [0.25, 0.3) is 0 Å². The van der Waals surface area contributed by atoms with Gasteiger partial charge >= 0.3 is 12.0 Å². The summed E-state index contributed by atoms with van der Waals surface area (Å²) in [5, 5.41) is 21.1. The smallest absolute Gasteiger partial charge is 0.317 e. The number of carboxylic acid groups (broad SMARTS) is 1. The molecule has 7 nitrogen and oxygen atoms in total. The highest BCUT2D eigenvalue weighted by atomic mass is 16.5. The number of carbonyl (C=O) groups is 2. The standard InChI is InChI=1S/C13H22N2O5/c16-8-10-7-15(5-6-20-10)12(19)14-9-13(11(17)18)3-1-2-4-13/h10,16H,1-9H2,(H,14,19)(H,17,18). The van der Waals surface area contributed by atoms with Gasteiger partial charge in [0.15, 0.2) is 0 Å². The molecule has 1 unspecified atom stereocenters. The predicted octanol–water partition coefficient (Wildman–Crippen LogP) is 0.0341. The molecule has 2 rings (SSSR count). The second kappa shape index (κ2) is 6.41. The molecule has 0 bridgehead atoms. The highest BCUT2D eigenvalue weighted by Gasteiger charge is 2.41. The zero-order valence-corrected chi connectivity index (χ0v) is 11.5. The SMILES string of the molecule is O=C(NCC1(C(=O)O)CCCC1)N1CCOC(CO)C1. The molecule has 3 N–H and O–H groups in total. The molecule has 1 saturated heterocycles. The lowest BCUT2D eigenvalue weighted by Crippen LogP contribution is -2.52. The Kier molecular flexibility index (Phi) is 4.82. The molecular weight excluding hydrogens is 264 g/mol. The number of amides is 2. The Labute approximate surface area is 117 Å². The Balaban J connectivity index is 1.86. The van der Waals surface area contributed by atoms with E-state index in [2.05, 4.69) is 5.32 Å². The molecule has 1 heterocycles. The number of hydrogen-bond donors (Lipinski definition) is 3. The summed E-state index contributed by atoms with van der Waals surface area (Å²) in [7, 11) is 0. The molecule has 1 atom stereocenters. The number of rotatable bonds is 4. The number of carboxylic acids is 1. The first kappa shape index (κ1) is 15.1. The van der Waals surface area contributed by atoms with Crippen LogP contribution in [-0.2, 0) is 9.53 Å². The average molecular weight is 286 g/mol. The van der Waals surface area contributed by atoms with Crippen LogP contribution < -0.4 is 5.32 Å². The number of aliphatic hydroxyl groups excluding tert-OH is 1. The van der Waals surface area contributed by atoms with Crippen LogP contribution in [-0.4, -0.2) is 66.1 Å². The zero-order valence-electron chi connectivity index (χ0n) is 11.5. The Morgan fingerprint density at radius 2 is 2.05 bits per heavy atom. The van der Waals surface area contributed by atoms with Crippen LogP contribution in [0.15, 0.2) is 0 Å². The molecule has 1 aliphatic carbocycles. The summed E-state index contributed by atoms with van der Waals surface area (Å²) in [6.45, 7) is 1.23. The van der Waals surface area contributed by atoms with Crippen molar-refractivity contribution in [3.8, 4) is 0 Å². The van der Waals surface area contributed by atoms with Gasteiger partial charge in [-0.2, -0.15) is 0 Å². The van der Waals surface area contributed by atoms with Crippen molar-refractivity contribution in [2.24, 2.45) is 5.41 Å². The molecule has 2 fully saturated rings. The lowest BCUT2D eigenvalue weighted by molar-refractivity contribution is -0.148. The van der Waals surface area contributed by atoms with Crippen LogP contribution >= 0.6 is 0 Å². The van der Waals surface area contributed by atoms with Crippen LogP contribution in [0.2, 0.25) is 0 Å². The summed E-state index contributed by atoms with van der Waals surface area (Å²) in [5.41, 5.74) is -0.807. The number of urea groups is 1. The number of morpholine rings is 1. The third-order valence-electron chi connectivity index (χ3n) is 4.22. The molecule has 0 aromatic carbocycles. The number of nitrogens with zero attached hydrogens (tertiary/aromatic N) is 1. The minimum absolute atomic E-state index is 0.122. The van der Waals surface area contributed by atoms with Crippen molar-refractivity contribution in [2.45, 2.75) is 31.8 Å². The minimum Gasteiger partial charge on any atom is -0.481 e. The van der Waals surface area contributed by atoms with Crippen molar-refractivity contribution >= 4 is 12.0 Å². The number of nitrogens with one attached hydrogen (secondary N) is 1. The molecule has 0 aromatic rings. The molecule has 1 aliphatic heterocycles. The lowest BCUT2D eigenvalue weighted by atomic mass is 9.86. The van der Waals surface area contributed by atoms with Crippen LogP contribution in [0.3, 0.4) is 0 Å². The lowest BCUT2D eigenvalue weighted by Gasteiger charge is -2.33. The summed E-state index contributed by atoms with van der Waals surface area (Å²) in [5.74, 6) is -0.828. The van der Waals surface area contributed by atoms with Crippen molar-refractivity contribution in [3.05, 3.63) is 0 Å². The van der Waals surface area contributed by atoms with E-state index in [1.807, 2.05) is 0 Å². The molecule has 0 radical (unpaired) electrons. The molecular formula is C13H22N2O5. The first-order valence-electron chi connectivity index (χ1n) is 7.06. The monoisotopic (exact) mass is 286 g/mol. The van der Waals surface area contributed by atoms with Gasteiger partial charge in [0.25, 0.3) is 0 Å². The Morgan fingerprint density at radius 1 is 1.35 bits per heavy atom. The second-order valence-electron chi connectivity index (χ2n) is 5.57. The van der Waals surface area contributed by atoms with E-state index in [0.29, 0.717) is 32.5 Å². The van der Waals surface area contributed by atoms with E-state index >= 15 is 0 Å². The van der Waals surface area contributed by atoms with Crippen LogP contribution in [0.5, 0.6) is 0 Å². The largest absolute Gasteiger partial charge is 0.481 e. The van der Waals surface area contributed by atoms with Gasteiger partial charge in [0.1, 0.15) is 0 Å². The van der Waals surface area contributed by atoms with Gasteiger partial charge in [-0.15, -0.1) is 0 Å². The number of ether oxygens (including phenoxy) is 1. The van der Waals surface area contributed by atoms with Crippen LogP contribution in [0.1, 0.15) is 25.7 Å².